The summed E-state index contributed by atoms with van der Waals surface area (Å²) in [5, 5.41) is 6.43. The lowest BCUT2D eigenvalue weighted by molar-refractivity contribution is -0.0430. The Morgan fingerprint density at radius 1 is 0.945 bits per heavy atom. The highest BCUT2D eigenvalue weighted by Gasteiger charge is 2.54. The van der Waals surface area contributed by atoms with E-state index in [0.717, 1.165) is 0 Å². The minimum absolute atomic E-state index is 0.0553. The maximum atomic E-state index is 12.8. The molecule has 302 valence electrons. The first-order valence-corrected chi connectivity index (χ1v) is 25.9. The van der Waals surface area contributed by atoms with Gasteiger partial charge in [-0.2, -0.15) is 14.0 Å². The second-order valence-corrected chi connectivity index (χ2v) is 27.7. The zero-order valence-electron chi connectivity index (χ0n) is 30.9. The SMILES string of the molecule is C[C@@H]1[C@@H]2NP(=S)(N(C)S)OC[C@H]3O[C@@H](n4cnc5c(=O)[nH]c(N)nc54)[C@H](O[Si](C)(C)C(C)(C)C)[C@@H]3NP(O)(=S)OC[C@H]2O[C@H]1n1cnc2c(=O)[nH]c(N)nc21. The largest absolute Gasteiger partial charge is 0.408 e. The Hall–Kier alpha value is -2.19. The molecule has 9 N–H and O–H groups in total. The molecule has 3 saturated heterocycles. The van der Waals surface area contributed by atoms with Gasteiger partial charge < -0.3 is 39.3 Å². The average molecular weight is 878 g/mol. The fourth-order valence-electron chi connectivity index (χ4n) is 6.69. The van der Waals surface area contributed by atoms with Crippen LogP contribution >= 0.6 is 26.0 Å². The van der Waals surface area contributed by atoms with E-state index < -0.39 is 75.5 Å². The number of thiol groups is 1. The molecule has 3 aliphatic rings. The molecular formula is C28H45N13O8P2S3Si. The first-order chi connectivity index (χ1) is 25.6. The maximum Gasteiger partial charge on any atom is 0.280 e. The van der Waals surface area contributed by atoms with Crippen LogP contribution in [0.1, 0.15) is 40.2 Å². The number of nitrogens with zero attached hydrogens (tertiary/aromatic N) is 7. The van der Waals surface area contributed by atoms with Crippen molar-refractivity contribution >= 4 is 92.2 Å². The number of hydrogen-bond donors (Lipinski definition) is 8. The van der Waals surface area contributed by atoms with Crippen molar-refractivity contribution < 1.29 is 27.8 Å². The van der Waals surface area contributed by atoms with Gasteiger partial charge in [0.25, 0.3) is 17.8 Å². The van der Waals surface area contributed by atoms with E-state index in [1.165, 1.54) is 16.7 Å². The molecule has 7 rings (SSSR count). The summed E-state index contributed by atoms with van der Waals surface area (Å²) in [6.45, 7) is 5.04. The topological polar surface area (TPSA) is 273 Å². The number of aromatic amines is 2. The highest BCUT2D eigenvalue weighted by atomic mass is 32.5. The summed E-state index contributed by atoms with van der Waals surface area (Å²) in [7, 11) is -0.913. The van der Waals surface area contributed by atoms with Crippen molar-refractivity contribution in [3.8, 4) is 0 Å². The number of aromatic nitrogens is 8. The van der Waals surface area contributed by atoms with Gasteiger partial charge in [0.05, 0.1) is 31.9 Å². The number of anilines is 2. The van der Waals surface area contributed by atoms with Gasteiger partial charge in [0.1, 0.15) is 24.5 Å². The summed E-state index contributed by atoms with van der Waals surface area (Å²) in [6, 6.07) is -1.38. The molecule has 0 saturated carbocycles. The summed E-state index contributed by atoms with van der Waals surface area (Å²) in [5.41, 5.74) is 11.4. The van der Waals surface area contributed by atoms with Crippen LogP contribution in [-0.2, 0) is 46.6 Å². The number of hydrogen-bond acceptors (Lipinski definition) is 16. The third kappa shape index (κ3) is 7.63. The van der Waals surface area contributed by atoms with Gasteiger partial charge in [-0.3, -0.25) is 28.7 Å². The lowest BCUT2D eigenvalue weighted by Gasteiger charge is -2.41. The van der Waals surface area contributed by atoms with Crippen molar-refractivity contribution in [1.82, 2.24) is 53.3 Å². The van der Waals surface area contributed by atoms with Gasteiger partial charge >= 0.3 is 0 Å². The molecular weight excluding hydrogens is 833 g/mol. The van der Waals surface area contributed by atoms with E-state index in [-0.39, 0.29) is 58.4 Å². The van der Waals surface area contributed by atoms with E-state index in [4.69, 9.17) is 58.0 Å². The quantitative estimate of drug-likeness (QED) is 0.0800. The van der Waals surface area contributed by atoms with Crippen molar-refractivity contribution in [3.05, 3.63) is 33.4 Å². The molecule has 2 unspecified atom stereocenters. The Labute approximate surface area is 331 Å². The first-order valence-electron chi connectivity index (χ1n) is 17.2. The number of ether oxygens (including phenoxy) is 2. The van der Waals surface area contributed by atoms with Gasteiger partial charge in [-0.1, -0.05) is 40.5 Å². The minimum atomic E-state index is -3.85. The Kier molecular flexibility index (Phi) is 10.9. The lowest BCUT2D eigenvalue weighted by atomic mass is 10.00. The highest BCUT2D eigenvalue weighted by Crippen LogP contribution is 2.53. The van der Waals surface area contributed by atoms with Gasteiger partial charge in [-0.05, 0) is 41.7 Å². The predicted octanol–water partition coefficient (Wildman–Crippen LogP) is 1.42. The van der Waals surface area contributed by atoms with E-state index in [1.54, 1.807) is 16.2 Å². The third-order valence-electron chi connectivity index (χ3n) is 10.6. The molecule has 0 amide bonds. The Bertz CT molecular complexity index is 2340. The first kappa shape index (κ1) is 41.0. The standard InChI is InChI=1S/C28H45N13O8P2S3Si/c1-12-15-13(47-24(12)40-10-31-17-20(40)33-26(29)35-22(17)42)9-46-51(44,54)38-16-14(8-45-50(53,37-15)39(5)52)48-25(19(16)49-55(6,7)28(2,3)4)41-11-32-18-21(41)34-27(30)36-23(18)43/h10-16,19,24-25,52H,8-9H2,1-7H3,(H,37,53)(H2,38,44,54)(H3,29,33,35,42)(H3,30,34,36,43)/t12-,13-,14-,15+,16-,19-,24-,25-,50?,51?/m1/s1. The molecule has 4 aromatic heterocycles. The fourth-order valence-corrected chi connectivity index (χ4v) is 12.0. The number of rotatable bonds is 5. The van der Waals surface area contributed by atoms with Crippen LogP contribution in [0.15, 0.2) is 22.2 Å². The molecule has 3 aliphatic heterocycles. The molecule has 10 atom stereocenters. The van der Waals surface area contributed by atoms with Crippen LogP contribution in [-0.4, -0.2) is 107 Å². The molecule has 27 heteroatoms. The Morgan fingerprint density at radius 2 is 1.45 bits per heavy atom. The Morgan fingerprint density at radius 3 is 2.00 bits per heavy atom. The molecule has 0 spiro atoms. The van der Waals surface area contributed by atoms with Crippen LogP contribution in [0, 0.1) is 5.92 Å². The van der Waals surface area contributed by atoms with Crippen molar-refractivity contribution in [2.75, 3.05) is 31.7 Å². The zero-order chi connectivity index (χ0) is 40.0. The number of nitrogens with two attached hydrogens (primary N) is 2. The smallest absolute Gasteiger partial charge is 0.280 e. The van der Waals surface area contributed by atoms with Crippen LogP contribution in [0.25, 0.3) is 22.3 Å². The monoisotopic (exact) mass is 877 g/mol. The predicted molar refractivity (Wildman–Crippen MR) is 217 cm³/mol. The van der Waals surface area contributed by atoms with E-state index in [1.807, 2.05) is 6.92 Å². The van der Waals surface area contributed by atoms with Crippen LogP contribution < -0.4 is 32.8 Å². The summed E-state index contributed by atoms with van der Waals surface area (Å²) >= 11 is 16.6. The number of H-pyrrole nitrogens is 2. The van der Waals surface area contributed by atoms with Gasteiger partial charge in [-0.15, -0.1) is 0 Å². The summed E-state index contributed by atoms with van der Waals surface area (Å²) in [6.07, 6.45) is -1.21. The summed E-state index contributed by atoms with van der Waals surface area (Å²) in [5.74, 6) is -0.541. The maximum absolute atomic E-state index is 12.8. The van der Waals surface area contributed by atoms with Gasteiger partial charge in [0.2, 0.25) is 18.5 Å². The van der Waals surface area contributed by atoms with Crippen LogP contribution in [0.4, 0.5) is 11.9 Å². The average Bonchev–Trinajstić information content (AvgIpc) is 3.83. The van der Waals surface area contributed by atoms with Gasteiger partial charge in [0.15, 0.2) is 36.9 Å². The molecule has 0 bridgehead atoms. The van der Waals surface area contributed by atoms with E-state index >= 15 is 0 Å². The van der Waals surface area contributed by atoms with Crippen molar-refractivity contribution in [3.63, 3.8) is 0 Å². The molecule has 0 aromatic carbocycles. The second kappa shape index (κ2) is 14.6. The Balaban J connectivity index is 1.27. The number of nitrogens with one attached hydrogen (secondary N) is 4. The lowest BCUT2D eigenvalue weighted by Crippen LogP contribution is -2.53. The molecule has 0 radical (unpaired) electrons. The van der Waals surface area contributed by atoms with Gasteiger partial charge in [-0.25, -0.2) is 20.1 Å². The summed E-state index contributed by atoms with van der Waals surface area (Å²) < 4.78 is 37.9. The van der Waals surface area contributed by atoms with Crippen molar-refractivity contribution in [2.24, 2.45) is 5.92 Å². The van der Waals surface area contributed by atoms with Crippen LogP contribution in [0.3, 0.4) is 0 Å². The van der Waals surface area contributed by atoms with Crippen molar-refractivity contribution in [1.29, 1.82) is 0 Å². The van der Waals surface area contributed by atoms with Crippen LogP contribution in [0.2, 0.25) is 18.1 Å². The highest BCUT2D eigenvalue weighted by molar-refractivity contribution is 8.13. The number of imidazole rings is 2. The minimum Gasteiger partial charge on any atom is -0.408 e. The van der Waals surface area contributed by atoms with E-state index in [0.29, 0.717) is 0 Å². The van der Waals surface area contributed by atoms with E-state index in [2.05, 4.69) is 86.8 Å². The van der Waals surface area contributed by atoms with Crippen LogP contribution in [0.5, 0.6) is 0 Å². The number of nitrogen functional groups attached to an aromatic ring is 2. The number of fused-ring (bicyclic) bond motifs is 4. The third-order valence-corrected chi connectivity index (χ3v) is 21.2. The molecule has 55 heavy (non-hydrogen) atoms. The normalized spacial score (nSPS) is 33.8. The fraction of sp³-hybridized carbons (Fsp3) is 0.643. The zero-order valence-corrected chi connectivity index (χ0v) is 36.3. The van der Waals surface area contributed by atoms with Crippen molar-refractivity contribution in [2.45, 2.75) is 88.7 Å². The molecule has 21 nitrogen and oxygen atoms in total. The molecule has 0 aliphatic carbocycles. The summed E-state index contributed by atoms with van der Waals surface area (Å²) in [4.78, 5) is 59.4. The molecule has 4 aromatic rings. The second-order valence-electron chi connectivity index (χ2n) is 15.3. The van der Waals surface area contributed by atoms with E-state index in [9.17, 15) is 14.5 Å². The molecule has 3 fully saturated rings. The van der Waals surface area contributed by atoms with Gasteiger partial charge in [0, 0.05) is 19.0 Å². The molecule has 7 heterocycles.